The van der Waals surface area contributed by atoms with Gasteiger partial charge in [0.15, 0.2) is 0 Å². The molecule has 4 bridgehead atoms. The van der Waals surface area contributed by atoms with Crippen LogP contribution in [0.3, 0.4) is 0 Å². The van der Waals surface area contributed by atoms with Crippen LogP contribution in [0.25, 0.3) is 0 Å². The Bertz CT molecular complexity index is 1000. The van der Waals surface area contributed by atoms with Crippen LogP contribution in [0.5, 0.6) is 0 Å². The summed E-state index contributed by atoms with van der Waals surface area (Å²) in [5.74, 6) is 1.59. The lowest BCUT2D eigenvalue weighted by atomic mass is 9.46. The van der Waals surface area contributed by atoms with Crippen molar-refractivity contribution in [3.63, 3.8) is 0 Å². The van der Waals surface area contributed by atoms with E-state index in [0.29, 0.717) is 23.0 Å². The van der Waals surface area contributed by atoms with Crippen LogP contribution in [0.1, 0.15) is 44.1 Å². The van der Waals surface area contributed by atoms with Crippen molar-refractivity contribution in [3.8, 4) is 0 Å². The van der Waals surface area contributed by atoms with E-state index in [-0.39, 0.29) is 11.0 Å². The molecule has 1 aliphatic heterocycles. The fourth-order valence-electron chi connectivity index (χ4n) is 7.50. The zero-order chi connectivity index (χ0) is 21.9. The first kappa shape index (κ1) is 20.9. The second-order valence-corrected chi connectivity index (χ2v) is 11.4. The summed E-state index contributed by atoms with van der Waals surface area (Å²) in [4.78, 5) is 22.7. The maximum absolute atomic E-state index is 14.0. The van der Waals surface area contributed by atoms with E-state index in [2.05, 4.69) is 32.0 Å². The van der Waals surface area contributed by atoms with Gasteiger partial charge in [0, 0.05) is 37.7 Å². The Morgan fingerprint density at radius 3 is 2.31 bits per heavy atom. The summed E-state index contributed by atoms with van der Waals surface area (Å²) in [6.45, 7) is 4.37. The highest BCUT2D eigenvalue weighted by Crippen LogP contribution is 2.64. The van der Waals surface area contributed by atoms with Gasteiger partial charge in [0.25, 0.3) is 0 Å². The van der Waals surface area contributed by atoms with Gasteiger partial charge in [0.2, 0.25) is 11.2 Å². The van der Waals surface area contributed by atoms with Gasteiger partial charge < -0.3 is 4.90 Å². The fourth-order valence-corrected chi connectivity index (χ4v) is 7.75. The van der Waals surface area contributed by atoms with E-state index in [4.69, 9.17) is 23.2 Å². The molecule has 1 aromatic carbocycles. The van der Waals surface area contributed by atoms with Crippen molar-refractivity contribution in [2.75, 3.05) is 26.2 Å². The molecule has 5 fully saturated rings. The molecule has 1 aromatic heterocycles. The van der Waals surface area contributed by atoms with Gasteiger partial charge in [-0.2, -0.15) is 0 Å². The first-order valence-electron chi connectivity index (χ1n) is 11.8. The summed E-state index contributed by atoms with van der Waals surface area (Å²) in [6.07, 6.45) is 8.21. The van der Waals surface area contributed by atoms with Gasteiger partial charge in [-0.25, -0.2) is 9.67 Å². The summed E-state index contributed by atoms with van der Waals surface area (Å²) in [7, 11) is 0. The van der Waals surface area contributed by atoms with Crippen LogP contribution in [0, 0.1) is 17.3 Å². The van der Waals surface area contributed by atoms with E-state index in [9.17, 15) is 4.79 Å². The Hall–Kier alpha value is -1.63. The van der Waals surface area contributed by atoms with Crippen LogP contribution in [0.2, 0.25) is 10.3 Å². The predicted molar refractivity (Wildman–Crippen MR) is 123 cm³/mol. The maximum atomic E-state index is 14.0. The van der Waals surface area contributed by atoms with Crippen LogP contribution in [-0.4, -0.2) is 56.7 Å². The number of carbonyl (C=O) groups excluding carboxylic acids is 1. The summed E-state index contributed by atoms with van der Waals surface area (Å²) in [5.41, 5.74) is 0.945. The zero-order valence-electron chi connectivity index (χ0n) is 18.2. The first-order chi connectivity index (χ1) is 15.4. The molecule has 170 valence electrons. The van der Waals surface area contributed by atoms with E-state index in [1.54, 1.807) is 6.33 Å². The van der Waals surface area contributed by atoms with Gasteiger partial charge in [-0.05, 0) is 79.7 Å². The third kappa shape index (κ3) is 3.55. The highest BCUT2D eigenvalue weighted by Gasteiger charge is 2.62. The van der Waals surface area contributed by atoms with Gasteiger partial charge in [-0.1, -0.05) is 23.7 Å². The fraction of sp³-hybridized carbons (Fsp3) is 0.625. The number of hydrogen-bond acceptors (Lipinski definition) is 4. The largest absolute Gasteiger partial charge is 0.340 e. The van der Waals surface area contributed by atoms with Crippen molar-refractivity contribution in [1.82, 2.24) is 24.6 Å². The van der Waals surface area contributed by atoms with Gasteiger partial charge in [-0.15, -0.1) is 5.10 Å². The van der Waals surface area contributed by atoms with E-state index in [0.717, 1.165) is 69.9 Å². The molecular weight excluding hydrogens is 445 g/mol. The van der Waals surface area contributed by atoms with E-state index in [1.807, 2.05) is 16.8 Å². The number of carbonyl (C=O) groups is 1. The normalized spacial score (nSPS) is 34.2. The number of hydrogen-bond donors (Lipinski definition) is 0. The lowest BCUT2D eigenvalue weighted by Gasteiger charge is -2.61. The lowest BCUT2D eigenvalue weighted by molar-refractivity contribution is -0.168. The van der Waals surface area contributed by atoms with Gasteiger partial charge >= 0.3 is 0 Å². The number of aromatic nitrogens is 3. The molecule has 2 aromatic rings. The van der Waals surface area contributed by atoms with Crippen molar-refractivity contribution in [1.29, 1.82) is 0 Å². The van der Waals surface area contributed by atoms with Crippen molar-refractivity contribution in [2.45, 2.75) is 50.6 Å². The number of benzene rings is 1. The second-order valence-electron chi connectivity index (χ2n) is 10.6. The molecule has 0 spiro atoms. The van der Waals surface area contributed by atoms with Crippen molar-refractivity contribution >= 4 is 29.1 Å². The van der Waals surface area contributed by atoms with Gasteiger partial charge in [-0.3, -0.25) is 9.69 Å². The molecule has 7 rings (SSSR count). The molecule has 4 saturated carbocycles. The quantitative estimate of drug-likeness (QED) is 0.666. The molecule has 2 atom stereocenters. The summed E-state index contributed by atoms with van der Waals surface area (Å²) >= 11 is 12.1. The first-order valence-corrected chi connectivity index (χ1v) is 12.5. The van der Waals surface area contributed by atoms with Gasteiger partial charge in [0.1, 0.15) is 6.33 Å². The number of amides is 1. The Balaban J connectivity index is 1.16. The number of nitrogens with zero attached hydrogens (tertiary/aromatic N) is 5. The topological polar surface area (TPSA) is 54.3 Å². The van der Waals surface area contributed by atoms with E-state index < -0.39 is 0 Å². The molecule has 0 N–H and O–H groups in total. The highest BCUT2D eigenvalue weighted by atomic mass is 35.5. The minimum atomic E-state index is -0.235. The molecular formula is C24H29Cl2N5O. The molecule has 4 aliphatic carbocycles. The molecule has 32 heavy (non-hydrogen) atoms. The second kappa shape index (κ2) is 7.71. The average molecular weight is 474 g/mol. The van der Waals surface area contributed by atoms with Crippen LogP contribution in [0.4, 0.5) is 0 Å². The lowest BCUT2D eigenvalue weighted by Crippen LogP contribution is -2.62. The number of piperazine rings is 1. The molecule has 6 nitrogen and oxygen atoms in total. The van der Waals surface area contributed by atoms with Crippen LogP contribution < -0.4 is 0 Å². The smallest absolute Gasteiger partial charge is 0.242 e. The Kier molecular flexibility index (Phi) is 5.05. The van der Waals surface area contributed by atoms with Crippen molar-refractivity contribution in [3.05, 3.63) is 46.5 Å². The Labute approximate surface area is 198 Å². The SMILES string of the molecule is O=C(N1CCN(Cc2ccc(Cl)cc2)CC1)C12CC3CC(C1)CC(n1cnc(Cl)n1)(C3)C2. The third-order valence-corrected chi connectivity index (χ3v) is 8.84. The van der Waals surface area contributed by atoms with Gasteiger partial charge in [0.05, 0.1) is 11.0 Å². The number of halogens is 2. The summed E-state index contributed by atoms with van der Waals surface area (Å²) in [5, 5.41) is 5.56. The van der Waals surface area contributed by atoms with Crippen molar-refractivity contribution in [2.24, 2.45) is 17.3 Å². The standard InChI is InChI=1S/C24H29Cl2N5O/c25-20-3-1-17(2-4-20)14-29-5-7-30(8-6-29)21(32)23-10-18-9-19(11-23)13-24(12-18,15-23)31-16-27-22(26)28-31/h1-4,16,18-19H,5-15H2. The molecule has 0 radical (unpaired) electrons. The third-order valence-electron chi connectivity index (χ3n) is 8.41. The summed E-state index contributed by atoms with van der Waals surface area (Å²) in [6, 6.07) is 8.07. The summed E-state index contributed by atoms with van der Waals surface area (Å²) < 4.78 is 2.00. The minimum Gasteiger partial charge on any atom is -0.340 e. The Morgan fingerprint density at radius 1 is 1.00 bits per heavy atom. The molecule has 2 heterocycles. The molecule has 5 aliphatic rings. The molecule has 8 heteroatoms. The predicted octanol–water partition coefficient (Wildman–Crippen LogP) is 4.22. The van der Waals surface area contributed by atoms with Crippen molar-refractivity contribution < 1.29 is 4.79 Å². The van der Waals surface area contributed by atoms with Crippen LogP contribution in [0.15, 0.2) is 30.6 Å². The van der Waals surface area contributed by atoms with E-state index in [1.165, 1.54) is 12.0 Å². The number of rotatable bonds is 4. The molecule has 1 amide bonds. The maximum Gasteiger partial charge on any atom is 0.242 e. The molecule has 2 unspecified atom stereocenters. The zero-order valence-corrected chi connectivity index (χ0v) is 19.7. The minimum absolute atomic E-state index is 0.0870. The average Bonchev–Trinajstić information content (AvgIpc) is 3.22. The monoisotopic (exact) mass is 473 g/mol. The van der Waals surface area contributed by atoms with Crippen LogP contribution in [-0.2, 0) is 16.9 Å². The highest BCUT2D eigenvalue weighted by molar-refractivity contribution is 6.30. The van der Waals surface area contributed by atoms with Crippen LogP contribution >= 0.6 is 23.2 Å². The Morgan fingerprint density at radius 2 is 1.69 bits per heavy atom. The van der Waals surface area contributed by atoms with E-state index >= 15 is 0 Å². The molecule has 1 saturated heterocycles.